The molecule has 4 nitrogen and oxygen atoms in total. The number of benzene rings is 1. The molecule has 0 saturated heterocycles. The van der Waals surface area contributed by atoms with E-state index in [2.05, 4.69) is 15.5 Å². The molecule has 1 N–H and O–H groups in total. The molecule has 0 saturated carbocycles. The third-order valence-corrected chi connectivity index (χ3v) is 3.10. The number of hydrogen-bond acceptors (Lipinski definition) is 3. The highest BCUT2D eigenvalue weighted by molar-refractivity contribution is 5.19. The summed E-state index contributed by atoms with van der Waals surface area (Å²) in [5.74, 6) is 1.54. The molecule has 0 radical (unpaired) electrons. The third kappa shape index (κ3) is 2.73. The Labute approximate surface area is 106 Å². The molecular weight excluding hydrogens is 231 g/mol. The van der Waals surface area contributed by atoms with Crippen molar-refractivity contribution >= 4 is 0 Å². The molecule has 0 unspecified atom stereocenters. The summed E-state index contributed by atoms with van der Waals surface area (Å²) in [4.78, 5) is 0. The van der Waals surface area contributed by atoms with Crippen molar-refractivity contribution < 1.29 is 4.39 Å². The van der Waals surface area contributed by atoms with Gasteiger partial charge in [0, 0.05) is 13.1 Å². The normalized spacial score (nSPS) is 12.7. The van der Waals surface area contributed by atoms with E-state index in [0.29, 0.717) is 6.54 Å². The molecule has 5 heteroatoms. The smallest absolute Gasteiger partial charge is 0.146 e. The first-order chi connectivity index (χ1) is 8.58. The summed E-state index contributed by atoms with van der Waals surface area (Å²) in [5, 5.41) is 11.4. The van der Waals surface area contributed by atoms with Crippen molar-refractivity contribution in [2.45, 2.75) is 26.4 Å². The second-order valence-corrected chi connectivity index (χ2v) is 4.38. The van der Waals surface area contributed by atoms with Gasteiger partial charge in [0.2, 0.25) is 0 Å². The fourth-order valence-electron chi connectivity index (χ4n) is 1.74. The largest absolute Gasteiger partial charge is 0.317 e. The molecule has 1 heterocycles. The average molecular weight is 248 g/mol. The van der Waals surface area contributed by atoms with Crippen LogP contribution in [0.25, 0.3) is 0 Å². The zero-order chi connectivity index (χ0) is 13.1. The van der Waals surface area contributed by atoms with Crippen LogP contribution < -0.4 is 5.32 Å². The van der Waals surface area contributed by atoms with Gasteiger partial charge in [0.25, 0.3) is 0 Å². The van der Waals surface area contributed by atoms with E-state index in [1.165, 1.54) is 6.07 Å². The number of nitrogens with one attached hydrogen (secondary N) is 1. The van der Waals surface area contributed by atoms with Crippen molar-refractivity contribution in [1.82, 2.24) is 20.1 Å². The van der Waals surface area contributed by atoms with E-state index in [9.17, 15) is 4.39 Å². The highest BCUT2D eigenvalue weighted by Crippen LogP contribution is 2.13. The summed E-state index contributed by atoms with van der Waals surface area (Å²) in [5.41, 5.74) is 0.925. The summed E-state index contributed by atoms with van der Waals surface area (Å²) in [7, 11) is 1.93. The Balaban J connectivity index is 2.00. The molecule has 1 aromatic carbocycles. The molecule has 0 aliphatic rings. The molecule has 0 bridgehead atoms. The number of aromatic nitrogens is 3. The van der Waals surface area contributed by atoms with Gasteiger partial charge in [-0.3, -0.25) is 0 Å². The van der Waals surface area contributed by atoms with Gasteiger partial charge in [-0.2, -0.15) is 0 Å². The van der Waals surface area contributed by atoms with Crippen LogP contribution in [0.3, 0.4) is 0 Å². The maximum Gasteiger partial charge on any atom is 0.146 e. The van der Waals surface area contributed by atoms with E-state index < -0.39 is 0 Å². The number of rotatable bonds is 4. The van der Waals surface area contributed by atoms with Crippen LogP contribution in [0.4, 0.5) is 4.39 Å². The summed E-state index contributed by atoms with van der Waals surface area (Å²) in [6, 6.07) is 6.68. The van der Waals surface area contributed by atoms with Crippen LogP contribution in [0.5, 0.6) is 0 Å². The SMILES string of the molecule is Cc1nnc(CN[C@@H](C)c2cccc(F)c2)n1C. The predicted molar refractivity (Wildman–Crippen MR) is 67.4 cm³/mol. The first-order valence-corrected chi connectivity index (χ1v) is 5.91. The first kappa shape index (κ1) is 12.7. The highest BCUT2D eigenvalue weighted by atomic mass is 19.1. The molecule has 2 rings (SSSR count). The van der Waals surface area contributed by atoms with E-state index >= 15 is 0 Å². The van der Waals surface area contributed by atoms with Crippen LogP contribution in [0.1, 0.15) is 30.2 Å². The molecule has 0 spiro atoms. The topological polar surface area (TPSA) is 42.7 Å². The van der Waals surface area contributed by atoms with E-state index in [-0.39, 0.29) is 11.9 Å². The molecule has 0 fully saturated rings. The second-order valence-electron chi connectivity index (χ2n) is 4.38. The Bertz CT molecular complexity index is 536. The van der Waals surface area contributed by atoms with Gasteiger partial charge in [-0.25, -0.2) is 4.39 Å². The van der Waals surface area contributed by atoms with Crippen molar-refractivity contribution in [3.63, 3.8) is 0 Å². The lowest BCUT2D eigenvalue weighted by atomic mass is 10.1. The zero-order valence-corrected chi connectivity index (χ0v) is 10.8. The van der Waals surface area contributed by atoms with E-state index in [4.69, 9.17) is 0 Å². The Morgan fingerprint density at radius 2 is 2.17 bits per heavy atom. The Kier molecular flexibility index (Phi) is 3.72. The first-order valence-electron chi connectivity index (χ1n) is 5.91. The van der Waals surface area contributed by atoms with Crippen molar-refractivity contribution in [2.24, 2.45) is 7.05 Å². The van der Waals surface area contributed by atoms with E-state index in [1.54, 1.807) is 12.1 Å². The molecule has 2 aromatic rings. The van der Waals surface area contributed by atoms with Gasteiger partial charge in [0.15, 0.2) is 0 Å². The predicted octanol–water partition coefficient (Wildman–Crippen LogP) is 2.11. The van der Waals surface area contributed by atoms with Gasteiger partial charge in [-0.1, -0.05) is 12.1 Å². The molecule has 0 amide bonds. The molecule has 1 aromatic heterocycles. The second kappa shape index (κ2) is 5.27. The van der Waals surface area contributed by atoms with Crippen molar-refractivity contribution in [2.75, 3.05) is 0 Å². The van der Waals surface area contributed by atoms with Crippen molar-refractivity contribution in [1.29, 1.82) is 0 Å². The minimum atomic E-state index is -0.212. The quantitative estimate of drug-likeness (QED) is 0.901. The fourth-order valence-corrected chi connectivity index (χ4v) is 1.74. The van der Waals surface area contributed by atoms with Crippen LogP contribution in [0, 0.1) is 12.7 Å². The van der Waals surface area contributed by atoms with Crippen LogP contribution >= 0.6 is 0 Å². The maximum atomic E-state index is 13.1. The van der Waals surface area contributed by atoms with Gasteiger partial charge in [0.1, 0.15) is 17.5 Å². The third-order valence-electron chi connectivity index (χ3n) is 3.10. The van der Waals surface area contributed by atoms with Gasteiger partial charge < -0.3 is 9.88 Å². The van der Waals surface area contributed by atoms with Crippen LogP contribution in [0.15, 0.2) is 24.3 Å². The minimum Gasteiger partial charge on any atom is -0.317 e. The van der Waals surface area contributed by atoms with Gasteiger partial charge >= 0.3 is 0 Å². The lowest BCUT2D eigenvalue weighted by Gasteiger charge is -2.13. The fraction of sp³-hybridized carbons (Fsp3) is 0.385. The highest BCUT2D eigenvalue weighted by Gasteiger charge is 2.09. The van der Waals surface area contributed by atoms with Gasteiger partial charge in [-0.15, -0.1) is 10.2 Å². The lowest BCUT2D eigenvalue weighted by Crippen LogP contribution is -2.20. The summed E-state index contributed by atoms with van der Waals surface area (Å²) in [6.07, 6.45) is 0. The van der Waals surface area contributed by atoms with E-state index in [1.807, 2.05) is 31.5 Å². The van der Waals surface area contributed by atoms with Gasteiger partial charge in [-0.05, 0) is 31.5 Å². The zero-order valence-electron chi connectivity index (χ0n) is 10.8. The molecule has 18 heavy (non-hydrogen) atoms. The molecule has 1 atom stereocenters. The Hall–Kier alpha value is -1.75. The van der Waals surface area contributed by atoms with Crippen molar-refractivity contribution in [3.05, 3.63) is 47.3 Å². The molecule has 0 aliphatic carbocycles. The lowest BCUT2D eigenvalue weighted by molar-refractivity contribution is 0.541. The van der Waals surface area contributed by atoms with Gasteiger partial charge in [0.05, 0.1) is 6.54 Å². The Morgan fingerprint density at radius 3 is 2.78 bits per heavy atom. The minimum absolute atomic E-state index is 0.0673. The van der Waals surface area contributed by atoms with E-state index in [0.717, 1.165) is 17.2 Å². The summed E-state index contributed by atoms with van der Waals surface area (Å²) >= 11 is 0. The summed E-state index contributed by atoms with van der Waals surface area (Å²) < 4.78 is 15.0. The molecule has 96 valence electrons. The maximum absolute atomic E-state index is 13.1. The molecular formula is C13H17FN4. The van der Waals surface area contributed by atoms with Crippen LogP contribution in [-0.4, -0.2) is 14.8 Å². The number of nitrogens with zero attached hydrogens (tertiary/aromatic N) is 3. The standard InChI is InChI=1S/C13H17FN4/c1-9(11-5-4-6-12(14)7-11)15-8-13-17-16-10(2)18(13)3/h4-7,9,15H,8H2,1-3H3/t9-/m0/s1. The van der Waals surface area contributed by atoms with Crippen LogP contribution in [-0.2, 0) is 13.6 Å². The monoisotopic (exact) mass is 248 g/mol. The van der Waals surface area contributed by atoms with Crippen molar-refractivity contribution in [3.8, 4) is 0 Å². The number of halogens is 1. The number of aryl methyl sites for hydroxylation is 1. The van der Waals surface area contributed by atoms with Crippen LogP contribution in [0.2, 0.25) is 0 Å². The number of hydrogen-bond donors (Lipinski definition) is 1. The average Bonchev–Trinajstić information content (AvgIpc) is 2.67. The summed E-state index contributed by atoms with van der Waals surface area (Å²) in [6.45, 7) is 4.51. The molecule has 0 aliphatic heterocycles. The Morgan fingerprint density at radius 1 is 1.39 bits per heavy atom.